The molecule has 0 saturated carbocycles. The molecule has 15 rings (SSSR count). The van der Waals surface area contributed by atoms with Crippen molar-refractivity contribution in [2.24, 2.45) is 0 Å². The number of para-hydroxylation sites is 4. The number of fused-ring (bicyclic) bond motifs is 9. The number of nitrogens with zero attached hydrogens (tertiary/aromatic N) is 7. The molecular formula is C68H43N7. The average molecular weight is 958 g/mol. The number of hydrogen-bond donors (Lipinski definition) is 0. The van der Waals surface area contributed by atoms with Gasteiger partial charge in [0, 0.05) is 66.7 Å². The Morgan fingerprint density at radius 1 is 0.227 bits per heavy atom. The van der Waals surface area contributed by atoms with E-state index in [2.05, 4.69) is 225 Å². The van der Waals surface area contributed by atoms with Gasteiger partial charge in [-0.25, -0.2) is 15.0 Å². The lowest BCUT2D eigenvalue weighted by Crippen LogP contribution is -2.01. The molecule has 7 heteroatoms. The van der Waals surface area contributed by atoms with Gasteiger partial charge in [0.05, 0.1) is 33.1 Å². The number of pyridine rings is 1. The maximum Gasteiger partial charge on any atom is 0.182 e. The standard InChI is InChI=1S/C68H43N7/c1-4-16-44(17-5-1)66-70-67(72-68(71-66)59-24-14-15-39-69-59)45-27-33-52(34-28-45)75-64-37-31-48(46-29-35-62-55(40-46)53-22-10-12-25-60(53)73(62)50-18-6-2-7-19-50)42-57(64)58-43-49(32-38-65(58)75)47-30-36-63-56(41-47)54-23-11-13-26-61(54)74(63)51-20-8-3-9-21-51/h1-43H. The quantitative estimate of drug-likeness (QED) is 0.152. The van der Waals surface area contributed by atoms with E-state index in [0.29, 0.717) is 23.2 Å². The van der Waals surface area contributed by atoms with Gasteiger partial charge in [0.15, 0.2) is 17.5 Å². The largest absolute Gasteiger partial charge is 0.309 e. The molecule has 0 radical (unpaired) electrons. The minimum absolute atomic E-state index is 0.528. The Kier molecular flexibility index (Phi) is 9.75. The summed E-state index contributed by atoms with van der Waals surface area (Å²) in [5.41, 5.74) is 17.4. The third kappa shape index (κ3) is 7.05. The molecule has 0 N–H and O–H groups in total. The molecule has 5 heterocycles. The van der Waals surface area contributed by atoms with E-state index in [9.17, 15) is 0 Å². The van der Waals surface area contributed by atoms with Gasteiger partial charge < -0.3 is 13.7 Å². The average Bonchev–Trinajstić information content (AvgIpc) is 4.16. The minimum atomic E-state index is 0.528. The summed E-state index contributed by atoms with van der Waals surface area (Å²) in [6.07, 6.45) is 1.77. The minimum Gasteiger partial charge on any atom is -0.309 e. The summed E-state index contributed by atoms with van der Waals surface area (Å²) in [5.74, 6) is 1.71. The fourth-order valence-corrected chi connectivity index (χ4v) is 11.3. The fourth-order valence-electron chi connectivity index (χ4n) is 11.3. The van der Waals surface area contributed by atoms with Crippen LogP contribution in [0.4, 0.5) is 0 Å². The molecule has 0 amide bonds. The van der Waals surface area contributed by atoms with Crippen LogP contribution in [0.2, 0.25) is 0 Å². The van der Waals surface area contributed by atoms with Gasteiger partial charge in [0.25, 0.3) is 0 Å². The van der Waals surface area contributed by atoms with Crippen LogP contribution in [0, 0.1) is 0 Å². The Morgan fingerprint density at radius 2 is 0.560 bits per heavy atom. The first-order chi connectivity index (χ1) is 37.2. The fraction of sp³-hybridized carbons (Fsp3) is 0. The lowest BCUT2D eigenvalue weighted by molar-refractivity contribution is 1.06. The maximum atomic E-state index is 5.01. The highest BCUT2D eigenvalue weighted by molar-refractivity contribution is 6.14. The highest BCUT2D eigenvalue weighted by atomic mass is 15.0. The van der Waals surface area contributed by atoms with Gasteiger partial charge in [-0.15, -0.1) is 0 Å². The third-order valence-corrected chi connectivity index (χ3v) is 14.8. The van der Waals surface area contributed by atoms with Crippen LogP contribution < -0.4 is 0 Å². The normalized spacial score (nSPS) is 11.7. The van der Waals surface area contributed by atoms with Gasteiger partial charge in [0.2, 0.25) is 0 Å². The molecule has 7 nitrogen and oxygen atoms in total. The van der Waals surface area contributed by atoms with E-state index in [1.54, 1.807) is 6.20 Å². The highest BCUT2D eigenvalue weighted by Gasteiger charge is 2.20. The van der Waals surface area contributed by atoms with E-state index in [-0.39, 0.29) is 0 Å². The Labute approximate surface area is 431 Å². The zero-order chi connectivity index (χ0) is 49.4. The zero-order valence-corrected chi connectivity index (χ0v) is 40.5. The van der Waals surface area contributed by atoms with E-state index >= 15 is 0 Å². The summed E-state index contributed by atoms with van der Waals surface area (Å²) in [7, 11) is 0. The van der Waals surface area contributed by atoms with Gasteiger partial charge in [0.1, 0.15) is 5.69 Å². The molecule has 0 atom stereocenters. The second-order valence-corrected chi connectivity index (χ2v) is 19.1. The van der Waals surface area contributed by atoms with Crippen LogP contribution in [-0.2, 0) is 0 Å². The summed E-state index contributed by atoms with van der Waals surface area (Å²) in [4.78, 5) is 19.5. The first-order valence-electron chi connectivity index (χ1n) is 25.3. The predicted octanol–water partition coefficient (Wildman–Crippen LogP) is 16.9. The van der Waals surface area contributed by atoms with Crippen LogP contribution in [0.15, 0.2) is 261 Å². The van der Waals surface area contributed by atoms with Crippen LogP contribution in [0.25, 0.3) is 139 Å². The van der Waals surface area contributed by atoms with Gasteiger partial charge >= 0.3 is 0 Å². The van der Waals surface area contributed by atoms with Crippen molar-refractivity contribution in [3.63, 3.8) is 0 Å². The van der Waals surface area contributed by atoms with Gasteiger partial charge in [-0.1, -0.05) is 133 Å². The Balaban J connectivity index is 0.897. The zero-order valence-electron chi connectivity index (χ0n) is 40.5. The molecule has 0 aliphatic carbocycles. The monoisotopic (exact) mass is 957 g/mol. The van der Waals surface area contributed by atoms with E-state index in [1.165, 1.54) is 65.5 Å². The number of aromatic nitrogens is 7. The first-order valence-corrected chi connectivity index (χ1v) is 25.3. The van der Waals surface area contributed by atoms with Crippen molar-refractivity contribution in [3.8, 4) is 73.6 Å². The van der Waals surface area contributed by atoms with Crippen LogP contribution in [0.3, 0.4) is 0 Å². The molecule has 0 unspecified atom stereocenters. The van der Waals surface area contributed by atoms with Crippen LogP contribution in [-0.4, -0.2) is 33.6 Å². The number of rotatable bonds is 8. The Bertz CT molecular complexity index is 4400. The van der Waals surface area contributed by atoms with Crippen LogP contribution in [0.1, 0.15) is 0 Å². The lowest BCUT2D eigenvalue weighted by Gasteiger charge is -2.11. The van der Waals surface area contributed by atoms with Crippen LogP contribution >= 0.6 is 0 Å². The molecule has 0 saturated heterocycles. The molecule has 15 aromatic rings. The van der Waals surface area contributed by atoms with Crippen molar-refractivity contribution in [2.45, 2.75) is 0 Å². The summed E-state index contributed by atoms with van der Waals surface area (Å²) in [6, 6.07) is 90.9. The molecule has 0 aliphatic heterocycles. The van der Waals surface area contributed by atoms with Gasteiger partial charge in [-0.05, 0) is 144 Å². The maximum absolute atomic E-state index is 5.01. The second kappa shape index (κ2) is 17.2. The van der Waals surface area contributed by atoms with Gasteiger partial charge in [-0.3, -0.25) is 4.98 Å². The van der Waals surface area contributed by atoms with Crippen LogP contribution in [0.5, 0.6) is 0 Å². The molecule has 350 valence electrons. The van der Waals surface area contributed by atoms with E-state index in [0.717, 1.165) is 50.3 Å². The number of benzene rings is 10. The Hall–Kier alpha value is -10.2. The Morgan fingerprint density at radius 3 is 1.00 bits per heavy atom. The van der Waals surface area contributed by atoms with Gasteiger partial charge in [-0.2, -0.15) is 0 Å². The molecule has 5 aromatic heterocycles. The summed E-state index contributed by atoms with van der Waals surface area (Å²) < 4.78 is 7.13. The van der Waals surface area contributed by atoms with Crippen molar-refractivity contribution in [3.05, 3.63) is 261 Å². The smallest absolute Gasteiger partial charge is 0.182 e. The van der Waals surface area contributed by atoms with E-state index in [4.69, 9.17) is 15.0 Å². The molecule has 10 aromatic carbocycles. The third-order valence-electron chi connectivity index (χ3n) is 14.8. The van der Waals surface area contributed by atoms with Crippen molar-refractivity contribution >= 4 is 65.4 Å². The summed E-state index contributed by atoms with van der Waals surface area (Å²) >= 11 is 0. The highest BCUT2D eigenvalue weighted by Crippen LogP contribution is 2.41. The first kappa shape index (κ1) is 42.4. The van der Waals surface area contributed by atoms with Crippen molar-refractivity contribution < 1.29 is 0 Å². The van der Waals surface area contributed by atoms with Crippen molar-refractivity contribution in [1.29, 1.82) is 0 Å². The predicted molar refractivity (Wildman–Crippen MR) is 308 cm³/mol. The lowest BCUT2D eigenvalue weighted by atomic mass is 9.98. The molecule has 0 bridgehead atoms. The van der Waals surface area contributed by atoms with Crippen molar-refractivity contribution in [1.82, 2.24) is 33.6 Å². The molecule has 0 fully saturated rings. The molecule has 0 aliphatic rings. The van der Waals surface area contributed by atoms with Crippen molar-refractivity contribution in [2.75, 3.05) is 0 Å². The number of hydrogen-bond acceptors (Lipinski definition) is 4. The summed E-state index contributed by atoms with van der Waals surface area (Å²) in [5, 5.41) is 7.26. The molecule has 75 heavy (non-hydrogen) atoms. The SMILES string of the molecule is c1ccc(-c2nc(-c3ccc(-n4c5ccc(-c6ccc7c(c6)c6ccccc6n7-c6ccccc6)cc5c5cc(-c6ccc7c(c6)c6ccccc6n7-c6ccccc6)ccc54)cc3)nc(-c3ccccn3)n2)cc1. The topological polar surface area (TPSA) is 66.3 Å². The second-order valence-electron chi connectivity index (χ2n) is 19.1. The summed E-state index contributed by atoms with van der Waals surface area (Å²) in [6.45, 7) is 0. The van der Waals surface area contributed by atoms with E-state index in [1.807, 2.05) is 48.5 Å². The molecule has 0 spiro atoms. The van der Waals surface area contributed by atoms with E-state index < -0.39 is 0 Å². The molecular weight excluding hydrogens is 915 g/mol.